The number of fused-ring (bicyclic) bond motifs is 1. The number of nitrogens with zero attached hydrogens (tertiary/aromatic N) is 1. The van der Waals surface area contributed by atoms with Crippen LogP contribution in [0.4, 0.5) is 18.9 Å². The van der Waals surface area contributed by atoms with Gasteiger partial charge in [-0.3, -0.25) is 4.98 Å². The van der Waals surface area contributed by atoms with E-state index in [1.807, 2.05) is 0 Å². The second-order valence-electron chi connectivity index (χ2n) is 5.20. The van der Waals surface area contributed by atoms with Crippen molar-refractivity contribution in [3.8, 4) is 0 Å². The van der Waals surface area contributed by atoms with Gasteiger partial charge in [0.1, 0.15) is 5.60 Å². The van der Waals surface area contributed by atoms with Gasteiger partial charge in [-0.05, 0) is 42.2 Å². The van der Waals surface area contributed by atoms with Crippen molar-refractivity contribution < 1.29 is 18.3 Å². The first-order chi connectivity index (χ1) is 9.82. The van der Waals surface area contributed by atoms with E-state index in [9.17, 15) is 18.3 Å². The molecule has 1 atom stereocenters. The van der Waals surface area contributed by atoms with Gasteiger partial charge < -0.3 is 10.8 Å². The summed E-state index contributed by atoms with van der Waals surface area (Å²) in [5, 5.41) is 10.9. The van der Waals surface area contributed by atoms with Crippen molar-refractivity contribution in [1.29, 1.82) is 0 Å². The van der Waals surface area contributed by atoms with E-state index in [-0.39, 0.29) is 12.0 Å². The molecule has 1 aromatic carbocycles. The Kier molecular flexibility index (Phi) is 2.95. The topological polar surface area (TPSA) is 59.1 Å². The van der Waals surface area contributed by atoms with Crippen LogP contribution in [0.15, 0.2) is 36.7 Å². The number of anilines is 1. The highest BCUT2D eigenvalue weighted by Gasteiger charge is 2.45. The lowest BCUT2D eigenvalue weighted by Gasteiger charge is -2.27. The van der Waals surface area contributed by atoms with Crippen molar-refractivity contribution in [1.82, 2.24) is 4.98 Å². The zero-order chi connectivity index (χ0) is 15.3. The van der Waals surface area contributed by atoms with E-state index in [1.165, 1.54) is 0 Å². The minimum atomic E-state index is -4.54. The van der Waals surface area contributed by atoms with E-state index < -0.39 is 17.3 Å². The molecule has 1 aromatic heterocycles. The third-order valence-electron chi connectivity index (χ3n) is 3.90. The van der Waals surface area contributed by atoms with Crippen molar-refractivity contribution in [2.45, 2.75) is 24.6 Å². The maximum atomic E-state index is 13.2. The monoisotopic (exact) mass is 294 g/mol. The quantitative estimate of drug-likeness (QED) is 0.795. The van der Waals surface area contributed by atoms with E-state index in [1.54, 1.807) is 18.2 Å². The maximum absolute atomic E-state index is 13.2. The fraction of sp³-hybridized carbons (Fsp3) is 0.267. The van der Waals surface area contributed by atoms with Crippen LogP contribution in [0, 0.1) is 0 Å². The predicted octanol–water partition coefficient (Wildman–Crippen LogP) is 2.86. The number of nitrogen functional groups attached to an aromatic ring is 1. The van der Waals surface area contributed by atoms with Crippen molar-refractivity contribution >= 4 is 5.69 Å². The molecular weight excluding hydrogens is 281 g/mol. The second-order valence-corrected chi connectivity index (χ2v) is 5.20. The summed E-state index contributed by atoms with van der Waals surface area (Å²) < 4.78 is 39.5. The number of benzene rings is 1. The first-order valence-corrected chi connectivity index (χ1v) is 6.45. The van der Waals surface area contributed by atoms with Gasteiger partial charge in [-0.15, -0.1) is 0 Å². The normalized spacial score (nSPS) is 21.3. The molecule has 21 heavy (non-hydrogen) atoms. The Bertz CT molecular complexity index is 700. The molecule has 1 aliphatic rings. The maximum Gasteiger partial charge on any atom is 0.416 e. The predicted molar refractivity (Wildman–Crippen MR) is 71.4 cm³/mol. The van der Waals surface area contributed by atoms with Crippen molar-refractivity contribution in [3.05, 3.63) is 58.9 Å². The Balaban J connectivity index is 2.19. The smallest absolute Gasteiger partial charge is 0.399 e. The molecule has 0 bridgehead atoms. The molecule has 0 radical (unpaired) electrons. The first kappa shape index (κ1) is 13.9. The second kappa shape index (κ2) is 4.46. The van der Waals surface area contributed by atoms with E-state index in [0.717, 1.165) is 24.0 Å². The lowest BCUT2D eigenvalue weighted by molar-refractivity contribution is -0.140. The standard InChI is InChI=1S/C15H13F3N2O/c16-15(17,18)12-4-6-20-8-13(12)14(21)5-3-9-7-10(19)1-2-11(9)14/h1-2,4,6-8,21H,3,5,19H2. The molecule has 0 saturated carbocycles. The van der Waals surface area contributed by atoms with Gasteiger partial charge in [0.15, 0.2) is 0 Å². The van der Waals surface area contributed by atoms with Crippen LogP contribution >= 0.6 is 0 Å². The molecule has 0 spiro atoms. The van der Waals surface area contributed by atoms with Gasteiger partial charge >= 0.3 is 6.18 Å². The van der Waals surface area contributed by atoms with E-state index in [0.29, 0.717) is 17.7 Å². The number of rotatable bonds is 1. The zero-order valence-corrected chi connectivity index (χ0v) is 11.0. The molecular formula is C15H13F3N2O. The molecule has 2 aromatic rings. The van der Waals surface area contributed by atoms with Gasteiger partial charge in [0, 0.05) is 23.6 Å². The van der Waals surface area contributed by atoms with Crippen LogP contribution in [0.25, 0.3) is 0 Å². The van der Waals surface area contributed by atoms with Crippen LogP contribution in [0.3, 0.4) is 0 Å². The van der Waals surface area contributed by atoms with Crippen LogP contribution in [-0.2, 0) is 18.2 Å². The zero-order valence-electron chi connectivity index (χ0n) is 11.0. The number of pyridine rings is 1. The number of aryl methyl sites for hydroxylation is 1. The Morgan fingerprint density at radius 3 is 2.67 bits per heavy atom. The average Bonchev–Trinajstić information content (AvgIpc) is 2.76. The Hall–Kier alpha value is -2.08. The number of aliphatic hydroxyl groups is 1. The van der Waals surface area contributed by atoms with Gasteiger partial charge in [-0.2, -0.15) is 13.2 Å². The van der Waals surface area contributed by atoms with E-state index in [4.69, 9.17) is 5.73 Å². The summed E-state index contributed by atoms with van der Waals surface area (Å²) >= 11 is 0. The summed E-state index contributed by atoms with van der Waals surface area (Å²) in [4.78, 5) is 3.75. The minimum Gasteiger partial charge on any atom is -0.399 e. The number of alkyl halides is 3. The highest BCUT2D eigenvalue weighted by Crippen LogP contribution is 2.46. The van der Waals surface area contributed by atoms with Crippen LogP contribution in [0.2, 0.25) is 0 Å². The van der Waals surface area contributed by atoms with Crippen molar-refractivity contribution in [3.63, 3.8) is 0 Å². The first-order valence-electron chi connectivity index (χ1n) is 6.45. The molecule has 3 rings (SSSR count). The Labute approximate surface area is 119 Å². The van der Waals surface area contributed by atoms with Gasteiger partial charge in [0.05, 0.1) is 5.56 Å². The summed E-state index contributed by atoms with van der Waals surface area (Å²) in [5.74, 6) is 0. The summed E-state index contributed by atoms with van der Waals surface area (Å²) in [6.07, 6.45) is -1.71. The summed E-state index contributed by atoms with van der Waals surface area (Å²) in [6, 6.07) is 5.75. The Morgan fingerprint density at radius 2 is 1.95 bits per heavy atom. The SMILES string of the molecule is Nc1ccc2c(c1)CCC2(O)c1cnccc1C(F)(F)F. The number of nitrogens with two attached hydrogens (primary N) is 1. The molecule has 110 valence electrons. The van der Waals surface area contributed by atoms with Crippen molar-refractivity contribution in [2.24, 2.45) is 0 Å². The third-order valence-corrected chi connectivity index (χ3v) is 3.90. The van der Waals surface area contributed by atoms with Gasteiger partial charge in [-0.25, -0.2) is 0 Å². The van der Waals surface area contributed by atoms with Crippen LogP contribution in [-0.4, -0.2) is 10.1 Å². The van der Waals surface area contributed by atoms with Gasteiger partial charge in [0.25, 0.3) is 0 Å². The molecule has 3 nitrogen and oxygen atoms in total. The van der Waals surface area contributed by atoms with Gasteiger partial charge in [-0.1, -0.05) is 6.07 Å². The molecule has 0 saturated heterocycles. The number of hydrogen-bond donors (Lipinski definition) is 2. The number of hydrogen-bond acceptors (Lipinski definition) is 3. The van der Waals surface area contributed by atoms with E-state index >= 15 is 0 Å². The molecule has 1 heterocycles. The van der Waals surface area contributed by atoms with Gasteiger partial charge in [0.2, 0.25) is 0 Å². The number of halogens is 3. The van der Waals surface area contributed by atoms with Crippen molar-refractivity contribution in [2.75, 3.05) is 5.73 Å². The highest BCUT2D eigenvalue weighted by molar-refractivity contribution is 5.53. The highest BCUT2D eigenvalue weighted by atomic mass is 19.4. The third kappa shape index (κ3) is 2.15. The molecule has 3 N–H and O–H groups in total. The molecule has 0 amide bonds. The summed E-state index contributed by atoms with van der Waals surface area (Å²) in [6.45, 7) is 0. The largest absolute Gasteiger partial charge is 0.416 e. The average molecular weight is 294 g/mol. The minimum absolute atomic E-state index is 0.181. The molecule has 0 fully saturated rings. The van der Waals surface area contributed by atoms with Crippen LogP contribution in [0.5, 0.6) is 0 Å². The molecule has 6 heteroatoms. The van der Waals surface area contributed by atoms with Crippen LogP contribution < -0.4 is 5.73 Å². The Morgan fingerprint density at radius 1 is 1.19 bits per heavy atom. The van der Waals surface area contributed by atoms with Crippen LogP contribution in [0.1, 0.15) is 28.7 Å². The lowest BCUT2D eigenvalue weighted by atomic mass is 9.86. The number of aromatic nitrogens is 1. The molecule has 1 aliphatic carbocycles. The van der Waals surface area contributed by atoms with E-state index in [2.05, 4.69) is 4.98 Å². The fourth-order valence-electron chi connectivity index (χ4n) is 2.93. The molecule has 0 aliphatic heterocycles. The summed E-state index contributed by atoms with van der Waals surface area (Å²) in [7, 11) is 0. The lowest BCUT2D eigenvalue weighted by Crippen LogP contribution is -2.28. The molecule has 1 unspecified atom stereocenters. The summed E-state index contributed by atoms with van der Waals surface area (Å²) in [5.41, 5.74) is 4.71. The fourth-order valence-corrected chi connectivity index (χ4v) is 2.93.